The van der Waals surface area contributed by atoms with Crippen LogP contribution in [-0.4, -0.2) is 24.1 Å². The van der Waals surface area contributed by atoms with E-state index in [1.165, 1.54) is 13.2 Å². The van der Waals surface area contributed by atoms with Crippen LogP contribution in [0.2, 0.25) is 5.02 Å². The highest BCUT2D eigenvalue weighted by Crippen LogP contribution is 2.37. The molecule has 0 aromatic heterocycles. The lowest BCUT2D eigenvalue weighted by molar-refractivity contribution is -0.132. The van der Waals surface area contributed by atoms with Crippen LogP contribution in [0.4, 0.5) is 0 Å². The summed E-state index contributed by atoms with van der Waals surface area (Å²) in [5.41, 5.74) is 1.46. The fraction of sp³-hybridized carbons (Fsp3) is 0.0833. The molecule has 0 aliphatic carbocycles. The van der Waals surface area contributed by atoms with E-state index in [-0.39, 0.29) is 17.3 Å². The summed E-state index contributed by atoms with van der Waals surface area (Å²) >= 11 is 8.64. The van der Waals surface area contributed by atoms with E-state index in [4.69, 9.17) is 21.1 Å². The van der Waals surface area contributed by atoms with Crippen molar-refractivity contribution in [1.29, 1.82) is 0 Å². The Labute approximate surface area is 204 Å². The normalized spacial score (nSPS) is 11.0. The second kappa shape index (κ2) is 11.0. The van der Waals surface area contributed by atoms with Gasteiger partial charge in [-0.3, -0.25) is 4.79 Å². The molecule has 0 aliphatic heterocycles. The largest absolute Gasteiger partial charge is 0.493 e. The molecule has 0 saturated heterocycles. The SMILES string of the molecule is COc1cc(/C=C(/NC(=O)c2ccccc2)C(=O)O)cc(Cl)c1OCc1ccccc1I. The average Bonchev–Trinajstić information content (AvgIpc) is 2.79. The summed E-state index contributed by atoms with van der Waals surface area (Å²) in [5.74, 6) is -1.14. The van der Waals surface area contributed by atoms with E-state index in [2.05, 4.69) is 27.9 Å². The molecule has 32 heavy (non-hydrogen) atoms. The lowest BCUT2D eigenvalue weighted by atomic mass is 10.1. The van der Waals surface area contributed by atoms with Gasteiger partial charge in [0.2, 0.25) is 0 Å². The Morgan fingerprint density at radius 3 is 2.44 bits per heavy atom. The first-order chi connectivity index (χ1) is 15.4. The van der Waals surface area contributed by atoms with Crippen molar-refractivity contribution in [3.63, 3.8) is 0 Å². The van der Waals surface area contributed by atoms with Gasteiger partial charge in [-0.2, -0.15) is 0 Å². The van der Waals surface area contributed by atoms with E-state index >= 15 is 0 Å². The highest BCUT2D eigenvalue weighted by atomic mass is 127. The Hall–Kier alpha value is -3.04. The molecule has 0 atom stereocenters. The molecule has 0 bridgehead atoms. The molecule has 0 unspecified atom stereocenters. The molecule has 3 rings (SSSR count). The lowest BCUT2D eigenvalue weighted by Crippen LogP contribution is -2.27. The Bertz CT molecular complexity index is 1160. The van der Waals surface area contributed by atoms with E-state index in [1.807, 2.05) is 24.3 Å². The van der Waals surface area contributed by atoms with Crippen LogP contribution in [-0.2, 0) is 11.4 Å². The van der Waals surface area contributed by atoms with Gasteiger partial charge in [0.05, 0.1) is 12.1 Å². The number of aliphatic carboxylic acids is 1. The number of halogens is 2. The van der Waals surface area contributed by atoms with Crippen LogP contribution in [0, 0.1) is 3.57 Å². The predicted octanol–water partition coefficient (Wildman–Crippen LogP) is 5.39. The first-order valence-corrected chi connectivity index (χ1v) is 10.9. The van der Waals surface area contributed by atoms with Gasteiger partial charge in [0.15, 0.2) is 11.5 Å². The van der Waals surface area contributed by atoms with Crippen LogP contribution in [0.5, 0.6) is 11.5 Å². The van der Waals surface area contributed by atoms with Crippen molar-refractivity contribution in [3.8, 4) is 11.5 Å². The van der Waals surface area contributed by atoms with Gasteiger partial charge < -0.3 is 19.9 Å². The third-order valence-corrected chi connectivity index (χ3v) is 5.74. The molecule has 0 aliphatic rings. The monoisotopic (exact) mass is 563 g/mol. The van der Waals surface area contributed by atoms with E-state index in [0.29, 0.717) is 22.6 Å². The third kappa shape index (κ3) is 6.02. The fourth-order valence-electron chi connectivity index (χ4n) is 2.83. The van der Waals surface area contributed by atoms with Gasteiger partial charge in [0.1, 0.15) is 12.3 Å². The minimum Gasteiger partial charge on any atom is -0.493 e. The molecule has 6 nitrogen and oxygen atoms in total. The number of carboxylic acid groups (broad SMARTS) is 1. The van der Waals surface area contributed by atoms with Crippen LogP contribution >= 0.6 is 34.2 Å². The van der Waals surface area contributed by atoms with Crippen molar-refractivity contribution in [3.05, 3.63) is 97.7 Å². The van der Waals surface area contributed by atoms with Crippen molar-refractivity contribution in [2.75, 3.05) is 7.11 Å². The molecular formula is C24H19ClINO5. The maximum absolute atomic E-state index is 12.4. The zero-order valence-electron chi connectivity index (χ0n) is 17.0. The van der Waals surface area contributed by atoms with Gasteiger partial charge in [-0.15, -0.1) is 0 Å². The zero-order chi connectivity index (χ0) is 23.1. The number of carboxylic acids is 1. The first kappa shape index (κ1) is 23.6. The molecule has 2 N–H and O–H groups in total. The number of benzene rings is 3. The molecular weight excluding hydrogens is 545 g/mol. The van der Waals surface area contributed by atoms with Crippen LogP contribution in [0.3, 0.4) is 0 Å². The number of carbonyl (C=O) groups excluding carboxylic acids is 1. The number of ether oxygens (including phenoxy) is 2. The van der Waals surface area contributed by atoms with Gasteiger partial charge in [-0.25, -0.2) is 4.79 Å². The molecule has 0 spiro atoms. The molecule has 0 radical (unpaired) electrons. The quantitative estimate of drug-likeness (QED) is 0.284. The summed E-state index contributed by atoms with van der Waals surface area (Å²) in [7, 11) is 1.47. The van der Waals surface area contributed by atoms with Gasteiger partial charge in [0.25, 0.3) is 5.91 Å². The maximum Gasteiger partial charge on any atom is 0.352 e. The topological polar surface area (TPSA) is 84.9 Å². The van der Waals surface area contributed by atoms with Crippen molar-refractivity contribution >= 4 is 52.1 Å². The minimum atomic E-state index is -1.29. The third-order valence-electron chi connectivity index (χ3n) is 4.41. The molecule has 0 heterocycles. The van der Waals surface area contributed by atoms with Crippen molar-refractivity contribution in [1.82, 2.24) is 5.32 Å². The molecule has 3 aromatic rings. The van der Waals surface area contributed by atoms with Gasteiger partial charge >= 0.3 is 5.97 Å². The number of rotatable bonds is 8. The Kier molecular flexibility index (Phi) is 8.13. The van der Waals surface area contributed by atoms with Crippen LogP contribution in [0.25, 0.3) is 6.08 Å². The van der Waals surface area contributed by atoms with Crippen molar-refractivity contribution < 1.29 is 24.2 Å². The number of amides is 1. The molecule has 0 fully saturated rings. The smallest absolute Gasteiger partial charge is 0.352 e. The standard InChI is InChI=1S/C24H19ClINO5/c1-31-21-13-15(11-18(25)22(21)32-14-17-9-5-6-10-19(17)26)12-20(24(29)30)27-23(28)16-7-3-2-4-8-16/h2-13H,14H2,1H3,(H,27,28)(H,29,30)/b20-12+. The van der Waals surface area contributed by atoms with E-state index in [1.54, 1.807) is 42.5 Å². The molecule has 8 heteroatoms. The Morgan fingerprint density at radius 1 is 1.09 bits per heavy atom. The van der Waals surface area contributed by atoms with Gasteiger partial charge in [-0.05, 0) is 64.6 Å². The van der Waals surface area contributed by atoms with E-state index in [0.717, 1.165) is 9.13 Å². The van der Waals surface area contributed by atoms with Crippen LogP contribution in [0.15, 0.2) is 72.4 Å². The summed E-state index contributed by atoms with van der Waals surface area (Å²) in [6.07, 6.45) is 1.31. The highest BCUT2D eigenvalue weighted by molar-refractivity contribution is 14.1. The fourth-order valence-corrected chi connectivity index (χ4v) is 3.65. The van der Waals surface area contributed by atoms with Crippen LogP contribution in [0.1, 0.15) is 21.5 Å². The summed E-state index contributed by atoms with van der Waals surface area (Å²) in [5, 5.41) is 12.2. The Balaban J connectivity index is 1.85. The zero-order valence-corrected chi connectivity index (χ0v) is 19.9. The molecule has 164 valence electrons. The number of hydrogen-bond acceptors (Lipinski definition) is 4. The number of hydrogen-bond donors (Lipinski definition) is 2. The Morgan fingerprint density at radius 2 is 1.78 bits per heavy atom. The van der Waals surface area contributed by atoms with Crippen molar-refractivity contribution in [2.45, 2.75) is 6.61 Å². The number of carbonyl (C=O) groups is 2. The minimum absolute atomic E-state index is 0.251. The van der Waals surface area contributed by atoms with Gasteiger partial charge in [-0.1, -0.05) is 48.0 Å². The second-order valence-corrected chi connectivity index (χ2v) is 8.17. The van der Waals surface area contributed by atoms with Crippen LogP contribution < -0.4 is 14.8 Å². The van der Waals surface area contributed by atoms with E-state index in [9.17, 15) is 14.7 Å². The van der Waals surface area contributed by atoms with Crippen molar-refractivity contribution in [2.24, 2.45) is 0 Å². The highest BCUT2D eigenvalue weighted by Gasteiger charge is 2.16. The summed E-state index contributed by atoms with van der Waals surface area (Å²) < 4.78 is 12.3. The molecule has 1 amide bonds. The summed E-state index contributed by atoms with van der Waals surface area (Å²) in [4.78, 5) is 24.1. The lowest BCUT2D eigenvalue weighted by Gasteiger charge is -2.14. The summed E-state index contributed by atoms with van der Waals surface area (Å²) in [6.45, 7) is 0.290. The average molecular weight is 564 g/mol. The van der Waals surface area contributed by atoms with Gasteiger partial charge in [0, 0.05) is 14.7 Å². The second-order valence-electron chi connectivity index (χ2n) is 6.60. The number of methoxy groups -OCH3 is 1. The predicted molar refractivity (Wildman–Crippen MR) is 131 cm³/mol. The first-order valence-electron chi connectivity index (χ1n) is 9.44. The maximum atomic E-state index is 12.4. The van der Waals surface area contributed by atoms with E-state index < -0.39 is 11.9 Å². The molecule has 0 saturated carbocycles. The number of nitrogens with one attached hydrogen (secondary N) is 1. The summed E-state index contributed by atoms with van der Waals surface area (Å²) in [6, 6.07) is 19.3. The molecule has 3 aromatic carbocycles.